The van der Waals surface area contributed by atoms with Crippen molar-refractivity contribution in [1.29, 1.82) is 0 Å². The Bertz CT molecular complexity index is 1030. The molecule has 0 aliphatic carbocycles. The highest BCUT2D eigenvalue weighted by atomic mass is 32.2. The number of benzene rings is 1. The molecule has 164 valence electrons. The molecule has 11 heteroatoms. The lowest BCUT2D eigenvalue weighted by atomic mass is 10.1. The van der Waals surface area contributed by atoms with E-state index in [1.807, 2.05) is 0 Å². The summed E-state index contributed by atoms with van der Waals surface area (Å²) in [6.45, 7) is 2.67. The molecule has 3 rings (SSSR count). The molecular formula is C20H22FN5O4S. The Kier molecular flexibility index (Phi) is 7.40. The number of carbonyl (C=O) groups excluding carboxylic acids is 3. The van der Waals surface area contributed by atoms with Gasteiger partial charge in [0.05, 0.1) is 5.75 Å². The van der Waals surface area contributed by atoms with Crippen molar-refractivity contribution in [2.45, 2.75) is 31.3 Å². The van der Waals surface area contributed by atoms with Gasteiger partial charge in [-0.25, -0.2) is 9.37 Å². The predicted octanol–water partition coefficient (Wildman–Crippen LogP) is 2.22. The van der Waals surface area contributed by atoms with Crippen molar-refractivity contribution in [2.75, 3.05) is 29.5 Å². The minimum absolute atomic E-state index is 0.0536. The van der Waals surface area contributed by atoms with Crippen molar-refractivity contribution in [3.63, 3.8) is 0 Å². The number of carbonyl (C=O) groups is 3. The zero-order chi connectivity index (χ0) is 22.4. The van der Waals surface area contributed by atoms with Crippen LogP contribution in [0.5, 0.6) is 0 Å². The summed E-state index contributed by atoms with van der Waals surface area (Å²) in [6.07, 6.45) is 3.05. The van der Waals surface area contributed by atoms with E-state index in [1.54, 1.807) is 4.90 Å². The number of halogens is 1. The van der Waals surface area contributed by atoms with E-state index in [4.69, 9.17) is 0 Å². The van der Waals surface area contributed by atoms with E-state index in [0.29, 0.717) is 0 Å². The Morgan fingerprint density at radius 2 is 1.81 bits per heavy atom. The number of likely N-dealkylation sites (tertiary alicyclic amines) is 1. The lowest BCUT2D eigenvalue weighted by Crippen LogP contribution is -2.36. The molecule has 1 aliphatic heterocycles. The van der Waals surface area contributed by atoms with Crippen molar-refractivity contribution in [3.8, 4) is 0 Å². The minimum atomic E-state index is -0.692. The lowest BCUT2D eigenvalue weighted by Gasteiger charge is -2.26. The third-order valence-electron chi connectivity index (χ3n) is 4.58. The van der Waals surface area contributed by atoms with Crippen molar-refractivity contribution < 1.29 is 18.8 Å². The van der Waals surface area contributed by atoms with Gasteiger partial charge in [0.1, 0.15) is 5.82 Å². The van der Waals surface area contributed by atoms with Crippen LogP contribution in [0.3, 0.4) is 0 Å². The first-order chi connectivity index (χ1) is 14.8. The van der Waals surface area contributed by atoms with Gasteiger partial charge in [-0.3, -0.25) is 24.2 Å². The van der Waals surface area contributed by atoms with Gasteiger partial charge in [0.15, 0.2) is 16.7 Å². The summed E-state index contributed by atoms with van der Waals surface area (Å²) in [4.78, 5) is 57.4. The molecule has 0 unspecified atom stereocenters. The summed E-state index contributed by atoms with van der Waals surface area (Å²) in [5, 5.41) is 4.95. The van der Waals surface area contributed by atoms with Crippen molar-refractivity contribution in [3.05, 3.63) is 46.0 Å². The minimum Gasteiger partial charge on any atom is -0.342 e. The summed E-state index contributed by atoms with van der Waals surface area (Å²) in [5.74, 6) is -1.77. The molecule has 2 aromatic rings. The molecule has 31 heavy (non-hydrogen) atoms. The number of nitrogens with zero attached hydrogens (tertiary/aromatic N) is 2. The Morgan fingerprint density at radius 1 is 1.13 bits per heavy atom. The number of piperidine rings is 1. The summed E-state index contributed by atoms with van der Waals surface area (Å²) >= 11 is 1.04. The summed E-state index contributed by atoms with van der Waals surface area (Å²) < 4.78 is 13.1. The van der Waals surface area contributed by atoms with Crippen LogP contribution in [-0.4, -0.2) is 51.4 Å². The Hall–Kier alpha value is -3.21. The van der Waals surface area contributed by atoms with Gasteiger partial charge >= 0.3 is 0 Å². The van der Waals surface area contributed by atoms with Gasteiger partial charge in [-0.1, -0.05) is 11.8 Å². The number of nitrogens with one attached hydrogen (secondary N) is 3. The fourth-order valence-electron chi connectivity index (χ4n) is 3.05. The number of aromatic amines is 1. The third kappa shape index (κ3) is 6.14. The summed E-state index contributed by atoms with van der Waals surface area (Å²) in [6, 6.07) is 4.76. The van der Waals surface area contributed by atoms with E-state index < -0.39 is 23.2 Å². The average Bonchev–Trinajstić information content (AvgIpc) is 2.75. The van der Waals surface area contributed by atoms with Gasteiger partial charge in [0.25, 0.3) is 11.5 Å². The summed E-state index contributed by atoms with van der Waals surface area (Å²) in [5.41, 5.74) is -0.821. The number of rotatable bonds is 6. The molecule has 3 N–H and O–H groups in total. The summed E-state index contributed by atoms with van der Waals surface area (Å²) in [7, 11) is 0. The second-order valence-electron chi connectivity index (χ2n) is 6.97. The highest BCUT2D eigenvalue weighted by molar-refractivity contribution is 7.99. The van der Waals surface area contributed by atoms with Crippen molar-refractivity contribution >= 4 is 41.0 Å². The number of thioether (sulfide) groups is 1. The van der Waals surface area contributed by atoms with E-state index >= 15 is 0 Å². The van der Waals surface area contributed by atoms with E-state index in [-0.39, 0.29) is 33.9 Å². The molecule has 1 fully saturated rings. The van der Waals surface area contributed by atoms with Crippen LogP contribution in [0, 0.1) is 5.82 Å². The van der Waals surface area contributed by atoms with Gasteiger partial charge in [-0.2, -0.15) is 0 Å². The molecule has 1 aromatic heterocycles. The van der Waals surface area contributed by atoms with Gasteiger partial charge < -0.3 is 15.5 Å². The van der Waals surface area contributed by atoms with E-state index in [2.05, 4.69) is 20.6 Å². The zero-order valence-corrected chi connectivity index (χ0v) is 17.7. The molecule has 0 spiro atoms. The quantitative estimate of drug-likeness (QED) is 0.461. The smallest absolute Gasteiger partial charge is 0.277 e. The highest BCUT2D eigenvalue weighted by Crippen LogP contribution is 2.21. The highest BCUT2D eigenvalue weighted by Gasteiger charge is 2.20. The third-order valence-corrected chi connectivity index (χ3v) is 5.44. The molecule has 1 saturated heterocycles. The van der Waals surface area contributed by atoms with E-state index in [9.17, 15) is 23.6 Å². The van der Waals surface area contributed by atoms with Gasteiger partial charge in [-0.15, -0.1) is 0 Å². The van der Waals surface area contributed by atoms with Crippen molar-refractivity contribution in [1.82, 2.24) is 14.9 Å². The van der Waals surface area contributed by atoms with Crippen LogP contribution in [0.25, 0.3) is 0 Å². The molecule has 1 aliphatic rings. The molecule has 0 saturated carbocycles. The predicted molar refractivity (Wildman–Crippen MR) is 115 cm³/mol. The molecule has 2 heterocycles. The Morgan fingerprint density at radius 3 is 2.45 bits per heavy atom. The fourth-order valence-corrected chi connectivity index (χ4v) is 3.81. The SMILES string of the molecule is CC(=O)Nc1nc(SCC(=O)N2CCCCC2)[nH]c(=O)c1NC(=O)c1ccc(F)cc1. The van der Waals surface area contributed by atoms with Crippen molar-refractivity contribution in [2.24, 2.45) is 0 Å². The topological polar surface area (TPSA) is 124 Å². The van der Waals surface area contributed by atoms with Gasteiger partial charge in [-0.05, 0) is 43.5 Å². The maximum atomic E-state index is 13.1. The second kappa shape index (κ2) is 10.2. The second-order valence-corrected chi connectivity index (χ2v) is 7.93. The van der Waals surface area contributed by atoms with Crippen LogP contribution in [0.15, 0.2) is 34.2 Å². The number of aromatic nitrogens is 2. The van der Waals surface area contributed by atoms with Crippen LogP contribution >= 0.6 is 11.8 Å². The Labute approximate surface area is 181 Å². The van der Waals surface area contributed by atoms with Crippen LogP contribution in [0.1, 0.15) is 36.5 Å². The van der Waals surface area contributed by atoms with Crippen LogP contribution < -0.4 is 16.2 Å². The van der Waals surface area contributed by atoms with E-state index in [1.165, 1.54) is 19.1 Å². The lowest BCUT2D eigenvalue weighted by molar-refractivity contribution is -0.129. The standard InChI is InChI=1S/C20H22FN5O4S/c1-12(27)22-17-16(23-18(29)13-5-7-14(21)8-6-13)19(30)25-20(24-17)31-11-15(28)26-9-3-2-4-10-26/h5-8H,2-4,9-11H2,1H3,(H,23,29)(H2,22,24,25,27,30). The largest absolute Gasteiger partial charge is 0.342 e. The number of anilines is 2. The molecule has 9 nitrogen and oxygen atoms in total. The average molecular weight is 447 g/mol. The molecule has 3 amide bonds. The zero-order valence-electron chi connectivity index (χ0n) is 16.9. The molecular weight excluding hydrogens is 425 g/mol. The maximum absolute atomic E-state index is 13.1. The van der Waals surface area contributed by atoms with Gasteiger partial charge in [0, 0.05) is 25.6 Å². The molecule has 0 atom stereocenters. The number of hydrogen-bond donors (Lipinski definition) is 3. The maximum Gasteiger partial charge on any atom is 0.277 e. The Balaban J connectivity index is 1.77. The first-order valence-electron chi connectivity index (χ1n) is 9.73. The number of amides is 3. The van der Waals surface area contributed by atoms with Crippen LogP contribution in [-0.2, 0) is 9.59 Å². The monoisotopic (exact) mass is 447 g/mol. The number of H-pyrrole nitrogens is 1. The van der Waals surface area contributed by atoms with Gasteiger partial charge in [0.2, 0.25) is 11.8 Å². The first-order valence-corrected chi connectivity index (χ1v) is 10.7. The number of hydrogen-bond acceptors (Lipinski definition) is 6. The molecule has 1 aromatic carbocycles. The van der Waals surface area contributed by atoms with Crippen LogP contribution in [0.2, 0.25) is 0 Å². The molecule has 0 radical (unpaired) electrons. The normalized spacial score (nSPS) is 13.5. The van der Waals surface area contributed by atoms with Crippen LogP contribution in [0.4, 0.5) is 15.9 Å². The van der Waals surface area contributed by atoms with E-state index in [0.717, 1.165) is 56.2 Å². The molecule has 0 bridgehead atoms. The first kappa shape index (κ1) is 22.5. The fraction of sp³-hybridized carbons (Fsp3) is 0.350.